The Kier molecular flexibility index (Phi) is 4.86. The Balaban J connectivity index is 1.54. The van der Waals surface area contributed by atoms with Gasteiger partial charge >= 0.3 is 12.2 Å². The number of halogens is 4. The van der Waals surface area contributed by atoms with Crippen LogP contribution in [0.1, 0.15) is 11.1 Å². The zero-order valence-corrected chi connectivity index (χ0v) is 13.7. The molecule has 2 aromatic rings. The predicted octanol–water partition coefficient (Wildman–Crippen LogP) is 4.20. The summed E-state index contributed by atoms with van der Waals surface area (Å²) < 4.78 is 51.5. The molecule has 2 aromatic carbocycles. The highest BCUT2D eigenvalue weighted by Gasteiger charge is 2.36. The van der Waals surface area contributed by atoms with E-state index in [0.29, 0.717) is 25.2 Å². The molecule has 3 rings (SSSR count). The van der Waals surface area contributed by atoms with Crippen molar-refractivity contribution < 1.29 is 22.4 Å². The van der Waals surface area contributed by atoms with Crippen LogP contribution in [0.2, 0.25) is 0 Å². The summed E-state index contributed by atoms with van der Waals surface area (Å²) in [6.07, 6.45) is -4.12. The molecule has 1 heterocycles. The molecule has 26 heavy (non-hydrogen) atoms. The van der Waals surface area contributed by atoms with Crippen molar-refractivity contribution in [2.75, 3.05) is 23.7 Å². The Labute approximate surface area is 147 Å². The Morgan fingerprint density at radius 2 is 1.46 bits per heavy atom. The minimum Gasteiger partial charge on any atom is -0.310 e. The van der Waals surface area contributed by atoms with Crippen LogP contribution in [-0.2, 0) is 12.6 Å². The van der Waals surface area contributed by atoms with Crippen LogP contribution in [0, 0.1) is 0 Å². The number of nitrogens with one attached hydrogen (secondary N) is 3. The van der Waals surface area contributed by atoms with Gasteiger partial charge < -0.3 is 16.0 Å². The normalized spacial score (nSPS) is 15.8. The lowest BCUT2D eigenvalue weighted by Gasteiger charge is -2.35. The highest BCUT2D eigenvalue weighted by Crippen LogP contribution is 2.30. The van der Waals surface area contributed by atoms with Gasteiger partial charge in [0, 0.05) is 30.9 Å². The molecule has 138 valence electrons. The van der Waals surface area contributed by atoms with E-state index in [1.807, 2.05) is 0 Å². The van der Waals surface area contributed by atoms with E-state index >= 15 is 0 Å². The third-order valence-corrected chi connectivity index (χ3v) is 4.09. The summed E-state index contributed by atoms with van der Waals surface area (Å²) in [6.45, 7) is 0.672. The number of carbonyl (C=O) groups excluding carboxylic acids is 1. The van der Waals surface area contributed by atoms with Crippen molar-refractivity contribution in [2.45, 2.75) is 18.3 Å². The van der Waals surface area contributed by atoms with Gasteiger partial charge in [-0.15, -0.1) is 0 Å². The average Bonchev–Trinajstić information content (AvgIpc) is 2.55. The van der Waals surface area contributed by atoms with Crippen LogP contribution in [0.15, 0.2) is 48.5 Å². The largest absolute Gasteiger partial charge is 0.416 e. The number of rotatable bonds is 4. The van der Waals surface area contributed by atoms with Crippen LogP contribution in [0.25, 0.3) is 0 Å². The van der Waals surface area contributed by atoms with Crippen LogP contribution in [0.4, 0.5) is 33.7 Å². The topological polar surface area (TPSA) is 53.2 Å². The number of amides is 2. The number of alkyl halides is 4. The maximum atomic E-state index is 14.0. The van der Waals surface area contributed by atoms with Crippen molar-refractivity contribution in [3.63, 3.8) is 0 Å². The third kappa shape index (κ3) is 4.51. The van der Waals surface area contributed by atoms with E-state index in [9.17, 15) is 22.4 Å². The maximum Gasteiger partial charge on any atom is 0.416 e. The van der Waals surface area contributed by atoms with Gasteiger partial charge in [0.25, 0.3) is 0 Å². The van der Waals surface area contributed by atoms with Crippen molar-refractivity contribution in [2.24, 2.45) is 0 Å². The van der Waals surface area contributed by atoms with Crippen LogP contribution < -0.4 is 16.0 Å². The van der Waals surface area contributed by atoms with Crippen molar-refractivity contribution in [1.82, 2.24) is 5.32 Å². The number of carbonyl (C=O) groups is 1. The monoisotopic (exact) mass is 367 g/mol. The first kappa shape index (κ1) is 18.2. The maximum absolute atomic E-state index is 14.0. The highest BCUT2D eigenvalue weighted by atomic mass is 19.4. The summed E-state index contributed by atoms with van der Waals surface area (Å²) >= 11 is 0. The van der Waals surface area contributed by atoms with Gasteiger partial charge in [0.1, 0.15) is 5.67 Å². The van der Waals surface area contributed by atoms with Crippen LogP contribution in [-0.4, -0.2) is 24.8 Å². The zero-order valence-electron chi connectivity index (χ0n) is 13.7. The summed E-state index contributed by atoms with van der Waals surface area (Å²) in [5.74, 6) is 0. The first-order valence-electron chi connectivity index (χ1n) is 7.97. The predicted molar refractivity (Wildman–Crippen MR) is 90.9 cm³/mol. The molecular weight excluding hydrogens is 350 g/mol. The van der Waals surface area contributed by atoms with Crippen LogP contribution >= 0.6 is 0 Å². The summed E-state index contributed by atoms with van der Waals surface area (Å²) in [6, 6.07) is 10.3. The molecule has 0 radical (unpaired) electrons. The number of benzene rings is 2. The Hall–Kier alpha value is -2.61. The second kappa shape index (κ2) is 6.95. The second-order valence-electron chi connectivity index (χ2n) is 6.28. The molecule has 3 N–H and O–H groups in total. The smallest absolute Gasteiger partial charge is 0.310 e. The number of hydrogen-bond acceptors (Lipinski definition) is 2. The molecule has 0 aliphatic carbocycles. The molecule has 0 bridgehead atoms. The fourth-order valence-corrected chi connectivity index (χ4v) is 2.63. The highest BCUT2D eigenvalue weighted by molar-refractivity contribution is 5.99. The van der Waals surface area contributed by atoms with Gasteiger partial charge in [-0.1, -0.05) is 12.1 Å². The molecule has 0 atom stereocenters. The van der Waals surface area contributed by atoms with Gasteiger partial charge in [-0.3, -0.25) is 0 Å². The molecule has 2 amide bonds. The van der Waals surface area contributed by atoms with Gasteiger partial charge in [-0.2, -0.15) is 13.2 Å². The van der Waals surface area contributed by atoms with Crippen molar-refractivity contribution >= 4 is 17.4 Å². The molecule has 1 aliphatic heterocycles. The number of urea groups is 1. The summed E-state index contributed by atoms with van der Waals surface area (Å²) in [5.41, 5.74) is -0.439. The Morgan fingerprint density at radius 1 is 0.962 bits per heavy atom. The molecule has 1 aliphatic rings. The Bertz CT molecular complexity index is 769. The fraction of sp³-hybridized carbons (Fsp3) is 0.278. The molecule has 0 aromatic heterocycles. The van der Waals surface area contributed by atoms with E-state index in [1.165, 1.54) is 12.1 Å². The molecule has 0 spiro atoms. The molecular formula is C18H17F4N3O. The van der Waals surface area contributed by atoms with E-state index in [1.54, 1.807) is 24.3 Å². The lowest BCUT2D eigenvalue weighted by Crippen LogP contribution is -2.57. The van der Waals surface area contributed by atoms with Gasteiger partial charge in [-0.05, 0) is 42.0 Å². The minimum atomic E-state index is -4.42. The Morgan fingerprint density at radius 3 is 1.88 bits per heavy atom. The van der Waals surface area contributed by atoms with Gasteiger partial charge in [0.05, 0.1) is 5.56 Å². The van der Waals surface area contributed by atoms with Crippen molar-refractivity contribution in [3.05, 3.63) is 59.7 Å². The van der Waals surface area contributed by atoms with Crippen LogP contribution in [0.5, 0.6) is 0 Å². The van der Waals surface area contributed by atoms with E-state index in [-0.39, 0.29) is 5.69 Å². The molecule has 1 fully saturated rings. The van der Waals surface area contributed by atoms with E-state index in [4.69, 9.17) is 0 Å². The van der Waals surface area contributed by atoms with E-state index in [2.05, 4.69) is 16.0 Å². The molecule has 0 unspecified atom stereocenters. The van der Waals surface area contributed by atoms with E-state index in [0.717, 1.165) is 17.7 Å². The van der Waals surface area contributed by atoms with Gasteiger partial charge in [0.15, 0.2) is 0 Å². The third-order valence-electron chi connectivity index (χ3n) is 4.09. The molecule has 1 saturated heterocycles. The van der Waals surface area contributed by atoms with Gasteiger partial charge in [-0.25, -0.2) is 9.18 Å². The zero-order chi connectivity index (χ0) is 18.8. The summed E-state index contributed by atoms with van der Waals surface area (Å²) in [4.78, 5) is 11.9. The van der Waals surface area contributed by atoms with Crippen molar-refractivity contribution in [1.29, 1.82) is 0 Å². The SMILES string of the molecule is O=C(Nc1ccc(CC2(F)CNC2)cc1)Nc1ccc(C(F)(F)F)cc1. The molecule has 4 nitrogen and oxygen atoms in total. The van der Waals surface area contributed by atoms with E-state index < -0.39 is 23.4 Å². The number of anilines is 2. The van der Waals surface area contributed by atoms with Crippen molar-refractivity contribution in [3.8, 4) is 0 Å². The quantitative estimate of drug-likeness (QED) is 0.710. The first-order chi connectivity index (χ1) is 12.2. The minimum absolute atomic E-state index is 0.240. The second-order valence-corrected chi connectivity index (χ2v) is 6.28. The van der Waals surface area contributed by atoms with Gasteiger partial charge in [0.2, 0.25) is 0 Å². The lowest BCUT2D eigenvalue weighted by molar-refractivity contribution is -0.137. The average molecular weight is 367 g/mol. The fourth-order valence-electron chi connectivity index (χ4n) is 2.63. The first-order valence-corrected chi connectivity index (χ1v) is 7.97. The summed E-state index contributed by atoms with van der Waals surface area (Å²) in [5, 5.41) is 7.92. The lowest BCUT2D eigenvalue weighted by atomic mass is 9.91. The molecule has 0 saturated carbocycles. The van der Waals surface area contributed by atoms with Crippen LogP contribution in [0.3, 0.4) is 0 Å². The molecule has 8 heteroatoms. The number of hydrogen-bond donors (Lipinski definition) is 3. The standard InChI is InChI=1S/C18H17F4N3O/c19-17(10-23-11-17)9-12-1-5-14(6-2-12)24-16(26)25-15-7-3-13(4-8-15)18(20,21)22/h1-8,23H,9-11H2,(H2,24,25,26). The summed E-state index contributed by atoms with van der Waals surface area (Å²) in [7, 11) is 0.